The van der Waals surface area contributed by atoms with Gasteiger partial charge in [-0.15, -0.1) is 0 Å². The Morgan fingerprint density at radius 3 is 2.42 bits per heavy atom. The molecule has 0 radical (unpaired) electrons. The fraction of sp³-hybridized carbons (Fsp3) is 0.333. The first-order valence-electron chi connectivity index (χ1n) is 5.67. The third-order valence-corrected chi connectivity index (χ3v) is 3.15. The van der Waals surface area contributed by atoms with Crippen LogP contribution >= 0.6 is 0 Å². The third kappa shape index (κ3) is 6.01. The van der Waals surface area contributed by atoms with Gasteiger partial charge in [0.05, 0.1) is 5.56 Å². The topological polar surface area (TPSA) is 95.5 Å². The van der Waals surface area contributed by atoms with E-state index in [1.165, 1.54) is 24.3 Å². The molecule has 1 unspecified atom stereocenters. The summed E-state index contributed by atoms with van der Waals surface area (Å²) >= 11 is 0. The van der Waals surface area contributed by atoms with Crippen LogP contribution in [0.2, 0.25) is 0 Å². The number of rotatable bonds is 6. The van der Waals surface area contributed by atoms with E-state index >= 15 is 0 Å². The normalized spacial score (nSPS) is 11.6. The van der Waals surface area contributed by atoms with Crippen LogP contribution in [0.4, 0.5) is 10.5 Å². The number of anilines is 1. The number of carbonyl (C=O) groups is 2. The molecule has 6 nitrogen and oxygen atoms in total. The van der Waals surface area contributed by atoms with Gasteiger partial charge < -0.3 is 15.7 Å². The average molecular weight is 284 g/mol. The Balaban J connectivity index is 2.35. The number of amides is 2. The number of hydrogen-bond acceptors (Lipinski definition) is 3. The number of carbonyl (C=O) groups excluding carboxylic acids is 1. The minimum Gasteiger partial charge on any atom is -0.478 e. The van der Waals surface area contributed by atoms with E-state index in [1.54, 1.807) is 6.26 Å². The monoisotopic (exact) mass is 284 g/mol. The van der Waals surface area contributed by atoms with Gasteiger partial charge in [-0.25, -0.2) is 9.59 Å². The summed E-state index contributed by atoms with van der Waals surface area (Å²) in [5.41, 5.74) is 0.679. The average Bonchev–Trinajstić information content (AvgIpc) is 2.35. The van der Waals surface area contributed by atoms with E-state index in [2.05, 4.69) is 10.6 Å². The highest BCUT2D eigenvalue weighted by Gasteiger charge is 2.04. The predicted molar refractivity (Wildman–Crippen MR) is 74.0 cm³/mol. The lowest BCUT2D eigenvalue weighted by Crippen LogP contribution is -2.30. The van der Waals surface area contributed by atoms with E-state index in [4.69, 9.17) is 5.11 Å². The Morgan fingerprint density at radius 2 is 1.89 bits per heavy atom. The molecule has 1 rings (SSSR count). The van der Waals surface area contributed by atoms with Crippen molar-refractivity contribution in [2.24, 2.45) is 0 Å². The van der Waals surface area contributed by atoms with E-state index in [0.717, 1.165) is 0 Å². The molecule has 3 N–H and O–H groups in total. The van der Waals surface area contributed by atoms with Crippen molar-refractivity contribution in [1.82, 2.24) is 5.32 Å². The third-order valence-electron chi connectivity index (χ3n) is 2.28. The summed E-state index contributed by atoms with van der Waals surface area (Å²) in [6.07, 6.45) is 2.26. The zero-order valence-corrected chi connectivity index (χ0v) is 11.3. The number of urea groups is 1. The standard InChI is InChI=1S/C12H16N2O4S/c1-19(18)8-2-7-13-12(17)14-10-5-3-9(4-6-10)11(15)16/h3-6H,2,7-8H2,1H3,(H,15,16)(H2,13,14,17). The maximum atomic E-state index is 11.5. The van der Waals surface area contributed by atoms with Crippen molar-refractivity contribution in [1.29, 1.82) is 0 Å². The van der Waals surface area contributed by atoms with Crippen LogP contribution in [0.25, 0.3) is 0 Å². The van der Waals surface area contributed by atoms with Gasteiger partial charge in [0.15, 0.2) is 0 Å². The lowest BCUT2D eigenvalue weighted by molar-refractivity contribution is 0.0697. The van der Waals surface area contributed by atoms with Gasteiger partial charge in [-0.3, -0.25) is 4.21 Å². The Bertz CT molecular complexity index is 473. The summed E-state index contributed by atoms with van der Waals surface area (Å²) in [4.78, 5) is 22.1. The molecule has 2 amide bonds. The molecule has 0 saturated heterocycles. The highest BCUT2D eigenvalue weighted by Crippen LogP contribution is 2.09. The van der Waals surface area contributed by atoms with Crippen molar-refractivity contribution in [3.63, 3.8) is 0 Å². The number of carboxylic acids is 1. The van der Waals surface area contributed by atoms with E-state index in [1.807, 2.05) is 0 Å². The van der Waals surface area contributed by atoms with Crippen molar-refractivity contribution in [2.45, 2.75) is 6.42 Å². The molecule has 0 aliphatic heterocycles. The smallest absolute Gasteiger partial charge is 0.335 e. The molecular weight excluding hydrogens is 268 g/mol. The Labute approximate surface area is 113 Å². The number of benzene rings is 1. The molecule has 0 aliphatic carbocycles. The van der Waals surface area contributed by atoms with Gasteiger partial charge in [-0.1, -0.05) is 0 Å². The number of carboxylic acid groups (broad SMARTS) is 1. The highest BCUT2D eigenvalue weighted by molar-refractivity contribution is 7.84. The minimum absolute atomic E-state index is 0.163. The van der Waals surface area contributed by atoms with Crippen LogP contribution in [-0.2, 0) is 10.8 Å². The largest absolute Gasteiger partial charge is 0.478 e. The second kappa shape index (κ2) is 7.52. The van der Waals surface area contributed by atoms with E-state index in [9.17, 15) is 13.8 Å². The SMILES string of the molecule is CS(=O)CCCNC(=O)Nc1ccc(C(=O)O)cc1. The zero-order valence-electron chi connectivity index (χ0n) is 10.5. The van der Waals surface area contributed by atoms with Crippen LogP contribution in [0.1, 0.15) is 16.8 Å². The molecule has 0 bridgehead atoms. The summed E-state index contributed by atoms with van der Waals surface area (Å²) in [5, 5.41) is 13.9. The van der Waals surface area contributed by atoms with Crippen molar-refractivity contribution in [3.05, 3.63) is 29.8 Å². The Kier molecular flexibility index (Phi) is 6.01. The summed E-state index contributed by atoms with van der Waals surface area (Å²) in [7, 11) is -0.853. The first-order valence-corrected chi connectivity index (χ1v) is 7.40. The van der Waals surface area contributed by atoms with Gasteiger partial charge in [0.1, 0.15) is 0 Å². The zero-order chi connectivity index (χ0) is 14.3. The molecule has 0 fully saturated rings. The molecule has 1 aromatic carbocycles. The fourth-order valence-electron chi connectivity index (χ4n) is 1.35. The van der Waals surface area contributed by atoms with Gasteiger partial charge >= 0.3 is 12.0 Å². The lowest BCUT2D eigenvalue weighted by Gasteiger charge is -2.07. The summed E-state index contributed by atoms with van der Waals surface area (Å²) in [6.45, 7) is 0.443. The Morgan fingerprint density at radius 1 is 1.26 bits per heavy atom. The number of aromatic carboxylic acids is 1. The maximum absolute atomic E-state index is 11.5. The van der Waals surface area contributed by atoms with Crippen LogP contribution in [0.15, 0.2) is 24.3 Å². The molecule has 19 heavy (non-hydrogen) atoms. The molecule has 0 heterocycles. The van der Waals surface area contributed by atoms with Crippen LogP contribution in [0, 0.1) is 0 Å². The molecular formula is C12H16N2O4S. The summed E-state index contributed by atoms with van der Waals surface area (Å²) in [6, 6.07) is 5.50. The second-order valence-corrected chi connectivity index (χ2v) is 5.45. The molecule has 0 aliphatic rings. The molecule has 0 spiro atoms. The second-order valence-electron chi connectivity index (χ2n) is 3.89. The fourth-order valence-corrected chi connectivity index (χ4v) is 1.90. The van der Waals surface area contributed by atoms with Crippen molar-refractivity contribution < 1.29 is 18.9 Å². The highest BCUT2D eigenvalue weighted by atomic mass is 32.2. The molecule has 1 aromatic rings. The first kappa shape index (κ1) is 15.2. The Hall–Kier alpha value is -1.89. The quantitative estimate of drug-likeness (QED) is 0.686. The van der Waals surface area contributed by atoms with Crippen molar-refractivity contribution >= 4 is 28.5 Å². The molecule has 0 aromatic heterocycles. The molecule has 104 valence electrons. The molecule has 1 atom stereocenters. The van der Waals surface area contributed by atoms with Gasteiger partial charge in [0, 0.05) is 35.0 Å². The van der Waals surface area contributed by atoms with Gasteiger partial charge in [-0.05, 0) is 30.7 Å². The number of hydrogen-bond donors (Lipinski definition) is 3. The summed E-state index contributed by atoms with van der Waals surface area (Å²) < 4.78 is 10.8. The van der Waals surface area contributed by atoms with Gasteiger partial charge in [-0.2, -0.15) is 0 Å². The van der Waals surface area contributed by atoms with E-state index in [0.29, 0.717) is 24.4 Å². The minimum atomic E-state index is -1.01. The van der Waals surface area contributed by atoms with Crippen LogP contribution in [0.3, 0.4) is 0 Å². The summed E-state index contributed by atoms with van der Waals surface area (Å²) in [5.74, 6) is -0.461. The van der Waals surface area contributed by atoms with Gasteiger partial charge in [0.25, 0.3) is 0 Å². The van der Waals surface area contributed by atoms with E-state index < -0.39 is 16.8 Å². The van der Waals surface area contributed by atoms with Crippen LogP contribution in [0.5, 0.6) is 0 Å². The molecule has 0 saturated carbocycles. The number of nitrogens with one attached hydrogen (secondary N) is 2. The lowest BCUT2D eigenvalue weighted by atomic mass is 10.2. The molecule has 7 heteroatoms. The van der Waals surface area contributed by atoms with Gasteiger partial charge in [0.2, 0.25) is 0 Å². The van der Waals surface area contributed by atoms with Crippen molar-refractivity contribution in [2.75, 3.05) is 23.9 Å². The maximum Gasteiger partial charge on any atom is 0.335 e. The first-order chi connectivity index (χ1) is 8.99. The van der Waals surface area contributed by atoms with Crippen LogP contribution in [-0.4, -0.2) is 39.9 Å². The van der Waals surface area contributed by atoms with Crippen LogP contribution < -0.4 is 10.6 Å². The van der Waals surface area contributed by atoms with E-state index in [-0.39, 0.29) is 11.6 Å². The van der Waals surface area contributed by atoms with Crippen molar-refractivity contribution in [3.8, 4) is 0 Å². The predicted octanol–water partition coefficient (Wildman–Crippen LogP) is 1.27.